The molecule has 2 N–H and O–H groups in total. The van der Waals surface area contributed by atoms with Crippen molar-refractivity contribution >= 4 is 29.0 Å². The molecule has 2 heterocycles. The van der Waals surface area contributed by atoms with Gasteiger partial charge in [0.1, 0.15) is 11.8 Å². The van der Waals surface area contributed by atoms with Crippen molar-refractivity contribution < 1.29 is 14.0 Å². The van der Waals surface area contributed by atoms with E-state index >= 15 is 0 Å². The normalized spacial score (nSPS) is 11.0. The Morgan fingerprint density at radius 2 is 1.86 bits per heavy atom. The van der Waals surface area contributed by atoms with E-state index in [1.54, 1.807) is 36.4 Å². The van der Waals surface area contributed by atoms with E-state index in [9.17, 15) is 9.59 Å². The van der Waals surface area contributed by atoms with Crippen LogP contribution in [0.2, 0.25) is 0 Å². The number of nitrogens with zero attached hydrogens (tertiary/aromatic N) is 5. The minimum Gasteiger partial charge on any atom is -0.437 e. The Morgan fingerprint density at radius 3 is 2.61 bits per heavy atom. The first-order valence-electron chi connectivity index (χ1n) is 8.16. The highest BCUT2D eigenvalue weighted by Gasteiger charge is 2.07. The summed E-state index contributed by atoms with van der Waals surface area (Å²) in [6.07, 6.45) is 4.08. The van der Waals surface area contributed by atoms with Gasteiger partial charge in [-0.2, -0.15) is 0 Å². The first-order chi connectivity index (χ1) is 13.7. The zero-order valence-electron chi connectivity index (χ0n) is 14.3. The third-order valence-corrected chi connectivity index (χ3v) is 3.73. The molecular formula is C18H13N7O3. The fourth-order valence-electron chi connectivity index (χ4n) is 2.39. The Hall–Kier alpha value is -4.34. The lowest BCUT2D eigenvalue weighted by Gasteiger charge is -2.06. The van der Waals surface area contributed by atoms with Crippen LogP contribution in [0.15, 0.2) is 65.4 Å². The van der Waals surface area contributed by atoms with E-state index < -0.39 is 11.8 Å². The highest BCUT2D eigenvalue weighted by Crippen LogP contribution is 2.15. The van der Waals surface area contributed by atoms with Gasteiger partial charge in [-0.25, -0.2) is 9.67 Å². The maximum atomic E-state index is 12.1. The van der Waals surface area contributed by atoms with Crippen molar-refractivity contribution in [1.29, 1.82) is 0 Å². The lowest BCUT2D eigenvalue weighted by Crippen LogP contribution is -2.40. The highest BCUT2D eigenvalue weighted by atomic mass is 16.3. The monoisotopic (exact) mass is 375 g/mol. The maximum absolute atomic E-state index is 12.1. The summed E-state index contributed by atoms with van der Waals surface area (Å²) in [6.45, 7) is 0. The Bertz CT molecular complexity index is 1110. The first-order valence-corrected chi connectivity index (χ1v) is 8.16. The van der Waals surface area contributed by atoms with Gasteiger partial charge in [0.2, 0.25) is 5.89 Å². The molecule has 0 unspecified atom stereocenters. The van der Waals surface area contributed by atoms with Crippen LogP contribution in [0.5, 0.6) is 0 Å². The average molecular weight is 375 g/mol. The maximum Gasteiger partial charge on any atom is 0.269 e. The molecular weight excluding hydrogens is 362 g/mol. The van der Waals surface area contributed by atoms with Crippen molar-refractivity contribution in [2.75, 3.05) is 0 Å². The van der Waals surface area contributed by atoms with E-state index in [1.807, 2.05) is 12.1 Å². The predicted octanol–water partition coefficient (Wildman–Crippen LogP) is 1.28. The zero-order valence-corrected chi connectivity index (χ0v) is 14.3. The molecule has 0 aliphatic rings. The summed E-state index contributed by atoms with van der Waals surface area (Å²) in [7, 11) is 0. The minimum atomic E-state index is -0.527. The number of aromatic nitrogens is 5. The van der Waals surface area contributed by atoms with Crippen LogP contribution in [-0.4, -0.2) is 37.0 Å². The zero-order chi connectivity index (χ0) is 19.3. The van der Waals surface area contributed by atoms with E-state index in [1.165, 1.54) is 23.2 Å². The lowest BCUT2D eigenvalue weighted by atomic mass is 10.2. The summed E-state index contributed by atoms with van der Waals surface area (Å²) < 4.78 is 6.93. The molecule has 0 spiro atoms. The quantitative estimate of drug-likeness (QED) is 0.406. The largest absolute Gasteiger partial charge is 0.437 e. The molecule has 2 aromatic heterocycles. The molecule has 0 atom stereocenters. The van der Waals surface area contributed by atoms with Crippen LogP contribution < -0.4 is 10.9 Å². The number of amides is 2. The Balaban J connectivity index is 1.33. The van der Waals surface area contributed by atoms with Crippen molar-refractivity contribution in [3.05, 3.63) is 72.4 Å². The molecule has 10 heteroatoms. The molecule has 2 amide bonds. The molecule has 0 saturated heterocycles. The van der Waals surface area contributed by atoms with Crippen molar-refractivity contribution in [3.8, 4) is 5.69 Å². The molecule has 0 saturated carbocycles. The van der Waals surface area contributed by atoms with Gasteiger partial charge in [0.05, 0.1) is 5.69 Å². The van der Waals surface area contributed by atoms with Crippen molar-refractivity contribution in [2.24, 2.45) is 0 Å². The van der Waals surface area contributed by atoms with Gasteiger partial charge < -0.3 is 4.42 Å². The Morgan fingerprint density at radius 1 is 1.04 bits per heavy atom. The van der Waals surface area contributed by atoms with Crippen LogP contribution in [0.1, 0.15) is 16.2 Å². The third-order valence-electron chi connectivity index (χ3n) is 3.73. The van der Waals surface area contributed by atoms with Crippen LogP contribution in [0.4, 0.5) is 0 Å². The molecule has 4 rings (SSSR count). The molecule has 138 valence electrons. The molecule has 4 aromatic rings. The lowest BCUT2D eigenvalue weighted by molar-refractivity contribution is -0.117. The number of hydrogen-bond acceptors (Lipinski definition) is 7. The number of benzene rings is 2. The second-order valence-corrected chi connectivity index (χ2v) is 5.60. The topological polar surface area (TPSA) is 128 Å². The second-order valence-electron chi connectivity index (χ2n) is 5.60. The summed E-state index contributed by atoms with van der Waals surface area (Å²) in [5, 5.41) is 10.8. The molecule has 0 aliphatic heterocycles. The third kappa shape index (κ3) is 3.75. The minimum absolute atomic E-state index is 0.292. The summed E-state index contributed by atoms with van der Waals surface area (Å²) >= 11 is 0. The van der Waals surface area contributed by atoms with Crippen molar-refractivity contribution in [2.45, 2.75) is 0 Å². The van der Waals surface area contributed by atoms with E-state index in [0.29, 0.717) is 28.2 Å². The molecule has 0 aliphatic carbocycles. The first kappa shape index (κ1) is 17.1. The van der Waals surface area contributed by atoms with Crippen molar-refractivity contribution in [3.63, 3.8) is 0 Å². The van der Waals surface area contributed by atoms with Crippen LogP contribution in [0, 0.1) is 0 Å². The summed E-state index contributed by atoms with van der Waals surface area (Å²) in [6, 6.07) is 13.8. The van der Waals surface area contributed by atoms with Crippen LogP contribution in [-0.2, 0) is 4.79 Å². The average Bonchev–Trinajstić information content (AvgIpc) is 3.40. The molecule has 0 radical (unpaired) electrons. The van der Waals surface area contributed by atoms with Crippen LogP contribution in [0.3, 0.4) is 0 Å². The van der Waals surface area contributed by atoms with Crippen molar-refractivity contribution in [1.82, 2.24) is 36.0 Å². The fraction of sp³-hybridized carbons (Fsp3) is 0. The van der Waals surface area contributed by atoms with Gasteiger partial charge in [-0.3, -0.25) is 20.4 Å². The molecule has 0 fully saturated rings. The van der Waals surface area contributed by atoms with Gasteiger partial charge in [-0.05, 0) is 46.8 Å². The number of para-hydroxylation sites is 2. The molecule has 0 bridgehead atoms. The van der Waals surface area contributed by atoms with Gasteiger partial charge in [-0.1, -0.05) is 12.1 Å². The predicted molar refractivity (Wildman–Crippen MR) is 97.8 cm³/mol. The standard InChI is InChI=1S/C18H13N7O3/c26-16(9-10-17-20-14-3-1-2-4-15(14)28-17)21-22-18(27)12-5-7-13(8-6-12)25-11-19-23-24-25/h1-11H,(H,21,26)(H,22,27)/b10-9+. The number of nitrogens with one attached hydrogen (secondary N) is 2. The number of oxazole rings is 1. The molecule has 10 nitrogen and oxygen atoms in total. The number of rotatable bonds is 4. The SMILES string of the molecule is O=C(/C=C/c1nc2ccccc2o1)NNC(=O)c1ccc(-n2cnnn2)cc1. The number of fused-ring (bicyclic) bond motifs is 1. The van der Waals surface area contributed by atoms with Gasteiger partial charge >= 0.3 is 0 Å². The Labute approximate surface area is 157 Å². The number of tetrazole rings is 1. The van der Waals surface area contributed by atoms with E-state index in [-0.39, 0.29) is 0 Å². The highest BCUT2D eigenvalue weighted by molar-refractivity contribution is 5.97. The van der Waals surface area contributed by atoms with E-state index in [2.05, 4.69) is 31.4 Å². The number of hydrogen-bond donors (Lipinski definition) is 2. The second kappa shape index (κ2) is 7.50. The number of carbonyl (C=O) groups is 2. The Kier molecular flexibility index (Phi) is 4.58. The summed E-state index contributed by atoms with van der Waals surface area (Å²) in [4.78, 5) is 28.2. The molecule has 2 aromatic carbocycles. The van der Waals surface area contributed by atoms with Crippen LogP contribution in [0.25, 0.3) is 22.9 Å². The summed E-state index contributed by atoms with van der Waals surface area (Å²) in [5.41, 5.74) is 7.01. The van der Waals surface area contributed by atoms with Crippen LogP contribution >= 0.6 is 0 Å². The van der Waals surface area contributed by atoms with Gasteiger partial charge in [0.15, 0.2) is 5.58 Å². The summed E-state index contributed by atoms with van der Waals surface area (Å²) in [5.74, 6) is -0.700. The fourth-order valence-corrected chi connectivity index (χ4v) is 2.39. The van der Waals surface area contributed by atoms with Gasteiger partial charge in [-0.15, -0.1) is 5.10 Å². The van der Waals surface area contributed by atoms with Gasteiger partial charge in [0, 0.05) is 17.7 Å². The van der Waals surface area contributed by atoms with E-state index in [4.69, 9.17) is 4.42 Å². The molecule has 28 heavy (non-hydrogen) atoms. The number of hydrazine groups is 1. The van der Waals surface area contributed by atoms with E-state index in [0.717, 1.165) is 0 Å². The van der Waals surface area contributed by atoms with Gasteiger partial charge in [0.25, 0.3) is 11.8 Å². The smallest absolute Gasteiger partial charge is 0.269 e. The number of carbonyl (C=O) groups excluding carboxylic acids is 2.